The fourth-order valence-corrected chi connectivity index (χ4v) is 1.88. The average Bonchev–Trinajstić information content (AvgIpc) is 2.08. The van der Waals surface area contributed by atoms with Gasteiger partial charge in [-0.3, -0.25) is 0 Å². The van der Waals surface area contributed by atoms with E-state index < -0.39 is 0 Å². The maximum absolute atomic E-state index is 9.48. The zero-order chi connectivity index (χ0) is 11.4. The van der Waals surface area contributed by atoms with E-state index in [9.17, 15) is 5.11 Å². The van der Waals surface area contributed by atoms with Crippen LogP contribution in [0.15, 0.2) is 18.2 Å². The third-order valence-corrected chi connectivity index (χ3v) is 2.45. The van der Waals surface area contributed by atoms with Crippen molar-refractivity contribution in [1.82, 2.24) is 0 Å². The first-order valence-electron chi connectivity index (χ1n) is 5.79. The highest BCUT2D eigenvalue weighted by molar-refractivity contribution is 5.35. The van der Waals surface area contributed by atoms with Crippen molar-refractivity contribution in [3.05, 3.63) is 29.3 Å². The van der Waals surface area contributed by atoms with Gasteiger partial charge in [-0.2, -0.15) is 0 Å². The molecule has 0 aliphatic carbocycles. The van der Waals surface area contributed by atoms with Gasteiger partial charge in [0.25, 0.3) is 0 Å². The SMILES string of the molecule is CC(C)Cc1ccc(O)cc1CC(C)C. The molecular weight excluding hydrogens is 184 g/mol. The molecule has 1 aromatic carbocycles. The molecule has 0 radical (unpaired) electrons. The van der Waals surface area contributed by atoms with Gasteiger partial charge in [-0.15, -0.1) is 0 Å². The van der Waals surface area contributed by atoms with E-state index in [4.69, 9.17) is 0 Å². The molecule has 84 valence electrons. The van der Waals surface area contributed by atoms with Crippen molar-refractivity contribution in [3.8, 4) is 5.75 Å². The molecule has 0 heterocycles. The number of benzene rings is 1. The van der Waals surface area contributed by atoms with Gasteiger partial charge in [0.2, 0.25) is 0 Å². The lowest BCUT2D eigenvalue weighted by Gasteiger charge is -2.13. The van der Waals surface area contributed by atoms with Gasteiger partial charge in [-0.05, 0) is 47.9 Å². The van der Waals surface area contributed by atoms with E-state index in [1.165, 1.54) is 11.1 Å². The molecule has 0 fully saturated rings. The van der Waals surface area contributed by atoms with Crippen LogP contribution in [0.5, 0.6) is 5.75 Å². The summed E-state index contributed by atoms with van der Waals surface area (Å²) in [7, 11) is 0. The van der Waals surface area contributed by atoms with E-state index in [0.717, 1.165) is 12.8 Å². The van der Waals surface area contributed by atoms with E-state index in [1.54, 1.807) is 6.07 Å². The molecule has 0 saturated carbocycles. The van der Waals surface area contributed by atoms with Crippen molar-refractivity contribution in [3.63, 3.8) is 0 Å². The lowest BCUT2D eigenvalue weighted by molar-refractivity contribution is 0.473. The first-order chi connectivity index (χ1) is 6.99. The van der Waals surface area contributed by atoms with Crippen LogP contribution in [0.2, 0.25) is 0 Å². The maximum Gasteiger partial charge on any atom is 0.115 e. The van der Waals surface area contributed by atoms with E-state index in [2.05, 4.69) is 33.8 Å². The average molecular weight is 206 g/mol. The second-order valence-electron chi connectivity index (χ2n) is 5.15. The van der Waals surface area contributed by atoms with Crippen molar-refractivity contribution in [2.45, 2.75) is 40.5 Å². The summed E-state index contributed by atoms with van der Waals surface area (Å²) in [5.74, 6) is 1.69. The molecule has 0 atom stereocenters. The van der Waals surface area contributed by atoms with Crippen molar-refractivity contribution >= 4 is 0 Å². The Morgan fingerprint density at radius 1 is 0.933 bits per heavy atom. The van der Waals surface area contributed by atoms with Gasteiger partial charge in [0.1, 0.15) is 5.75 Å². The summed E-state index contributed by atoms with van der Waals surface area (Å²) in [6.07, 6.45) is 2.15. The molecular formula is C14H22O. The minimum Gasteiger partial charge on any atom is -0.508 e. The Morgan fingerprint density at radius 2 is 1.47 bits per heavy atom. The highest BCUT2D eigenvalue weighted by atomic mass is 16.3. The van der Waals surface area contributed by atoms with Crippen LogP contribution in [-0.4, -0.2) is 5.11 Å². The van der Waals surface area contributed by atoms with Gasteiger partial charge in [0.15, 0.2) is 0 Å². The molecule has 0 aromatic heterocycles. The molecule has 0 aliphatic rings. The van der Waals surface area contributed by atoms with E-state index in [-0.39, 0.29) is 0 Å². The summed E-state index contributed by atoms with van der Waals surface area (Å²) in [6, 6.07) is 5.77. The molecule has 15 heavy (non-hydrogen) atoms. The molecule has 1 aromatic rings. The van der Waals surface area contributed by atoms with Crippen LogP contribution < -0.4 is 0 Å². The van der Waals surface area contributed by atoms with Gasteiger partial charge in [0, 0.05) is 0 Å². The lowest BCUT2D eigenvalue weighted by Crippen LogP contribution is -2.02. The second-order valence-corrected chi connectivity index (χ2v) is 5.15. The fourth-order valence-electron chi connectivity index (χ4n) is 1.88. The van der Waals surface area contributed by atoms with E-state index in [0.29, 0.717) is 17.6 Å². The smallest absolute Gasteiger partial charge is 0.115 e. The summed E-state index contributed by atoms with van der Waals surface area (Å²) in [4.78, 5) is 0. The van der Waals surface area contributed by atoms with Crippen molar-refractivity contribution in [2.24, 2.45) is 11.8 Å². The number of aromatic hydroxyl groups is 1. The number of hydrogen-bond donors (Lipinski definition) is 1. The third kappa shape index (κ3) is 3.94. The largest absolute Gasteiger partial charge is 0.508 e. The van der Waals surface area contributed by atoms with Gasteiger partial charge in [-0.25, -0.2) is 0 Å². The molecule has 1 rings (SSSR count). The second kappa shape index (κ2) is 5.20. The monoisotopic (exact) mass is 206 g/mol. The Morgan fingerprint density at radius 3 is 2.00 bits per heavy atom. The van der Waals surface area contributed by atoms with Crippen LogP contribution in [0.1, 0.15) is 38.8 Å². The summed E-state index contributed by atoms with van der Waals surface area (Å²) in [5, 5.41) is 9.48. The van der Waals surface area contributed by atoms with Gasteiger partial charge in [-0.1, -0.05) is 33.8 Å². The Balaban J connectivity index is 2.92. The summed E-state index contributed by atoms with van der Waals surface area (Å²) in [6.45, 7) is 8.88. The Bertz CT molecular complexity index is 313. The van der Waals surface area contributed by atoms with Gasteiger partial charge >= 0.3 is 0 Å². The zero-order valence-electron chi connectivity index (χ0n) is 10.2. The first-order valence-corrected chi connectivity index (χ1v) is 5.79. The molecule has 0 spiro atoms. The van der Waals surface area contributed by atoms with Crippen LogP contribution in [0, 0.1) is 11.8 Å². The molecule has 0 bridgehead atoms. The molecule has 0 unspecified atom stereocenters. The standard InChI is InChI=1S/C14H22O/c1-10(2)7-12-5-6-14(15)9-13(12)8-11(3)4/h5-6,9-11,15H,7-8H2,1-4H3. The quantitative estimate of drug-likeness (QED) is 0.794. The Kier molecular flexibility index (Phi) is 4.19. The molecule has 1 heteroatoms. The van der Waals surface area contributed by atoms with Crippen molar-refractivity contribution in [1.29, 1.82) is 0 Å². The van der Waals surface area contributed by atoms with Crippen LogP contribution >= 0.6 is 0 Å². The molecule has 0 amide bonds. The summed E-state index contributed by atoms with van der Waals surface area (Å²) >= 11 is 0. The Hall–Kier alpha value is -0.980. The molecule has 1 N–H and O–H groups in total. The summed E-state index contributed by atoms with van der Waals surface area (Å²) < 4.78 is 0. The van der Waals surface area contributed by atoms with Gasteiger partial charge in [0.05, 0.1) is 0 Å². The topological polar surface area (TPSA) is 20.2 Å². The summed E-state index contributed by atoms with van der Waals surface area (Å²) in [5.41, 5.74) is 2.69. The van der Waals surface area contributed by atoms with Crippen molar-refractivity contribution < 1.29 is 5.11 Å². The predicted molar refractivity (Wildman–Crippen MR) is 65.2 cm³/mol. The van der Waals surface area contributed by atoms with Gasteiger partial charge < -0.3 is 5.11 Å². The van der Waals surface area contributed by atoms with Crippen LogP contribution in [-0.2, 0) is 12.8 Å². The number of phenols is 1. The highest BCUT2D eigenvalue weighted by Crippen LogP contribution is 2.22. The Labute approximate surface area is 93.1 Å². The van der Waals surface area contributed by atoms with Crippen LogP contribution in [0.25, 0.3) is 0 Å². The molecule has 0 aliphatic heterocycles. The minimum absolute atomic E-state index is 0.387. The normalized spacial score (nSPS) is 11.3. The third-order valence-electron chi connectivity index (χ3n) is 2.45. The number of hydrogen-bond acceptors (Lipinski definition) is 1. The first kappa shape index (κ1) is 12.1. The van der Waals surface area contributed by atoms with E-state index in [1.807, 2.05) is 6.07 Å². The highest BCUT2D eigenvalue weighted by Gasteiger charge is 2.07. The molecule has 0 saturated heterocycles. The number of rotatable bonds is 4. The number of phenolic OH excluding ortho intramolecular Hbond substituents is 1. The van der Waals surface area contributed by atoms with E-state index >= 15 is 0 Å². The van der Waals surface area contributed by atoms with Crippen LogP contribution in [0.3, 0.4) is 0 Å². The fraction of sp³-hybridized carbons (Fsp3) is 0.571. The predicted octanol–water partition coefficient (Wildman–Crippen LogP) is 3.79. The van der Waals surface area contributed by atoms with Crippen LogP contribution in [0.4, 0.5) is 0 Å². The molecule has 1 nitrogen and oxygen atoms in total. The van der Waals surface area contributed by atoms with Crippen molar-refractivity contribution in [2.75, 3.05) is 0 Å². The minimum atomic E-state index is 0.387. The maximum atomic E-state index is 9.48. The lowest BCUT2D eigenvalue weighted by atomic mass is 9.93. The zero-order valence-corrected chi connectivity index (χ0v) is 10.2.